The molecule has 3 atom stereocenters. The molecule has 1 saturated heterocycles. The van der Waals surface area contributed by atoms with Gasteiger partial charge in [-0.15, -0.1) is 24.2 Å². The lowest BCUT2D eigenvalue weighted by atomic mass is 9.92. The van der Waals surface area contributed by atoms with Crippen LogP contribution < -0.4 is 5.73 Å². The summed E-state index contributed by atoms with van der Waals surface area (Å²) in [7, 11) is 0. The molecule has 3 nitrogen and oxygen atoms in total. The number of rotatable bonds is 5. The Morgan fingerprint density at radius 1 is 1.19 bits per heavy atom. The van der Waals surface area contributed by atoms with Gasteiger partial charge in [-0.1, -0.05) is 30.3 Å². The molecule has 2 aromatic rings. The second kappa shape index (κ2) is 10.1. The van der Waals surface area contributed by atoms with Crippen LogP contribution in [0, 0.1) is 11.7 Å². The van der Waals surface area contributed by atoms with Gasteiger partial charge in [-0.25, -0.2) is 4.39 Å². The topological polar surface area (TPSA) is 46.3 Å². The van der Waals surface area contributed by atoms with Gasteiger partial charge < -0.3 is 10.6 Å². The molecule has 0 aliphatic carbocycles. The highest BCUT2D eigenvalue weighted by Crippen LogP contribution is 2.37. The first-order chi connectivity index (χ1) is 12.5. The number of likely N-dealkylation sites (tertiary alicyclic amines) is 1. The number of hydrogen-bond acceptors (Lipinski definition) is 3. The van der Waals surface area contributed by atoms with Crippen molar-refractivity contribution in [2.45, 2.75) is 36.0 Å². The number of carbonyl (C=O) groups is 1. The Balaban J connectivity index is 0.00000261. The van der Waals surface area contributed by atoms with Crippen molar-refractivity contribution in [2.75, 3.05) is 13.1 Å². The number of nitrogens with zero attached hydrogens (tertiary/aromatic N) is 1. The molecule has 2 aromatic carbocycles. The Morgan fingerprint density at radius 3 is 2.48 bits per heavy atom. The highest BCUT2D eigenvalue weighted by Gasteiger charge is 2.31. The maximum Gasteiger partial charge on any atom is 0.240 e. The number of hydrogen-bond donors (Lipinski definition) is 1. The van der Waals surface area contributed by atoms with Crippen LogP contribution in [0.2, 0.25) is 0 Å². The smallest absolute Gasteiger partial charge is 0.240 e. The molecule has 146 valence electrons. The van der Waals surface area contributed by atoms with Crippen molar-refractivity contribution < 1.29 is 9.18 Å². The van der Waals surface area contributed by atoms with E-state index >= 15 is 0 Å². The average molecular weight is 409 g/mol. The molecule has 1 fully saturated rings. The molecule has 0 bridgehead atoms. The normalized spacial score (nSPS) is 19.1. The highest BCUT2D eigenvalue weighted by molar-refractivity contribution is 8.00. The van der Waals surface area contributed by atoms with Crippen LogP contribution in [0.5, 0.6) is 0 Å². The number of thioether (sulfide) groups is 1. The van der Waals surface area contributed by atoms with Crippen LogP contribution in [0.15, 0.2) is 59.5 Å². The summed E-state index contributed by atoms with van der Waals surface area (Å²) in [4.78, 5) is 16.2. The lowest BCUT2D eigenvalue weighted by Crippen LogP contribution is -2.46. The summed E-state index contributed by atoms with van der Waals surface area (Å²) in [5.74, 6) is 0.184. The third-order valence-electron chi connectivity index (χ3n) is 4.91. The average Bonchev–Trinajstić information content (AvgIpc) is 2.68. The highest BCUT2D eigenvalue weighted by atomic mass is 35.5. The summed E-state index contributed by atoms with van der Waals surface area (Å²) in [6.45, 7) is 3.50. The molecule has 1 amide bonds. The predicted molar refractivity (Wildman–Crippen MR) is 112 cm³/mol. The molecule has 1 aliphatic heterocycles. The summed E-state index contributed by atoms with van der Waals surface area (Å²) >= 11 is 1.47. The first kappa shape index (κ1) is 21.7. The van der Waals surface area contributed by atoms with Crippen LogP contribution in [-0.4, -0.2) is 29.9 Å². The lowest BCUT2D eigenvalue weighted by molar-refractivity contribution is -0.132. The predicted octanol–water partition coefficient (Wildman–Crippen LogP) is 4.67. The monoisotopic (exact) mass is 408 g/mol. The van der Waals surface area contributed by atoms with Gasteiger partial charge in [0.05, 0.1) is 0 Å². The zero-order valence-corrected chi connectivity index (χ0v) is 17.0. The molecule has 0 radical (unpaired) electrons. The van der Waals surface area contributed by atoms with Gasteiger partial charge in [-0.2, -0.15) is 0 Å². The maximum atomic E-state index is 13.3. The van der Waals surface area contributed by atoms with Gasteiger partial charge in [0.25, 0.3) is 0 Å². The van der Waals surface area contributed by atoms with Crippen LogP contribution in [0.25, 0.3) is 0 Å². The zero-order valence-electron chi connectivity index (χ0n) is 15.4. The molecule has 0 spiro atoms. The van der Waals surface area contributed by atoms with Gasteiger partial charge in [-0.05, 0) is 55.5 Å². The Hall–Kier alpha value is -1.56. The minimum Gasteiger partial charge on any atom is -0.341 e. The fourth-order valence-electron chi connectivity index (χ4n) is 3.34. The molecule has 0 saturated carbocycles. The summed E-state index contributed by atoms with van der Waals surface area (Å²) in [5.41, 5.74) is 7.04. The Kier molecular flexibility index (Phi) is 8.14. The van der Waals surface area contributed by atoms with Crippen LogP contribution in [0.4, 0.5) is 4.39 Å². The minimum absolute atomic E-state index is 0. The van der Waals surface area contributed by atoms with Crippen molar-refractivity contribution in [3.8, 4) is 0 Å². The Morgan fingerprint density at radius 2 is 1.85 bits per heavy atom. The van der Waals surface area contributed by atoms with Gasteiger partial charge in [-0.3, -0.25) is 4.79 Å². The fourth-order valence-corrected chi connectivity index (χ4v) is 4.45. The standard InChI is InChI=1S/C21H25FN2OS.ClH/c1-15(23)17-8-5-13-24(14-17)21(25)20(16-6-3-2-4-7-16)26-19-11-9-18(22)10-12-19;/h2-4,6-7,9-12,15,17,20H,5,8,13-14,23H2,1H3;1H. The molecular formula is C21H26ClFN2OS. The van der Waals surface area contributed by atoms with E-state index in [0.29, 0.717) is 12.5 Å². The van der Waals surface area contributed by atoms with Gasteiger partial charge in [0, 0.05) is 24.0 Å². The second-order valence-corrected chi connectivity index (χ2v) is 8.09. The number of benzene rings is 2. The van der Waals surface area contributed by atoms with Gasteiger partial charge in [0.1, 0.15) is 11.1 Å². The van der Waals surface area contributed by atoms with Gasteiger partial charge in [0.15, 0.2) is 0 Å². The van der Waals surface area contributed by atoms with E-state index in [4.69, 9.17) is 5.73 Å². The van der Waals surface area contributed by atoms with E-state index in [2.05, 4.69) is 0 Å². The number of nitrogens with two attached hydrogens (primary N) is 1. The number of carbonyl (C=O) groups excluding carboxylic acids is 1. The van der Waals surface area contributed by atoms with E-state index in [-0.39, 0.29) is 35.4 Å². The molecule has 2 N–H and O–H groups in total. The zero-order chi connectivity index (χ0) is 18.5. The molecule has 3 rings (SSSR count). The summed E-state index contributed by atoms with van der Waals surface area (Å²) in [6, 6.07) is 16.2. The van der Waals surface area contributed by atoms with Crippen LogP contribution in [-0.2, 0) is 4.79 Å². The van der Waals surface area contributed by atoms with E-state index in [1.807, 2.05) is 42.2 Å². The third-order valence-corrected chi connectivity index (χ3v) is 6.16. The molecule has 1 aliphatic rings. The maximum absolute atomic E-state index is 13.3. The van der Waals surface area contributed by atoms with Crippen molar-refractivity contribution in [2.24, 2.45) is 11.7 Å². The summed E-state index contributed by atoms with van der Waals surface area (Å²) < 4.78 is 13.2. The first-order valence-electron chi connectivity index (χ1n) is 9.06. The fraction of sp³-hybridized carbons (Fsp3) is 0.381. The lowest BCUT2D eigenvalue weighted by Gasteiger charge is -2.36. The van der Waals surface area contributed by atoms with Crippen LogP contribution in [0.3, 0.4) is 0 Å². The third kappa shape index (κ3) is 5.71. The van der Waals surface area contributed by atoms with Gasteiger partial charge >= 0.3 is 0 Å². The van der Waals surface area contributed by atoms with Crippen LogP contribution in [0.1, 0.15) is 30.6 Å². The van der Waals surface area contributed by atoms with Gasteiger partial charge in [0.2, 0.25) is 5.91 Å². The molecule has 27 heavy (non-hydrogen) atoms. The molecule has 6 heteroatoms. The van der Waals surface area contributed by atoms with Crippen LogP contribution >= 0.6 is 24.2 Å². The van der Waals surface area contributed by atoms with E-state index < -0.39 is 0 Å². The Bertz CT molecular complexity index is 727. The second-order valence-electron chi connectivity index (χ2n) is 6.91. The molecule has 0 aromatic heterocycles. The van der Waals surface area contributed by atoms with E-state index in [9.17, 15) is 9.18 Å². The van der Waals surface area contributed by atoms with Crippen molar-refractivity contribution >= 4 is 30.1 Å². The van der Waals surface area contributed by atoms with E-state index in [1.165, 1.54) is 23.9 Å². The largest absolute Gasteiger partial charge is 0.341 e. The number of halogens is 2. The van der Waals surface area contributed by atoms with Crippen molar-refractivity contribution in [3.05, 3.63) is 66.0 Å². The Labute approximate surface area is 170 Å². The number of amides is 1. The minimum atomic E-state index is -0.339. The quantitative estimate of drug-likeness (QED) is 0.731. The van der Waals surface area contributed by atoms with E-state index in [1.54, 1.807) is 12.1 Å². The molecule has 1 heterocycles. The number of piperidine rings is 1. The molecule has 3 unspecified atom stereocenters. The first-order valence-corrected chi connectivity index (χ1v) is 9.94. The SMILES string of the molecule is CC(N)C1CCCN(C(=O)C(Sc2ccc(F)cc2)c2ccccc2)C1.Cl. The van der Waals surface area contributed by atoms with Crippen molar-refractivity contribution in [1.29, 1.82) is 0 Å². The van der Waals surface area contributed by atoms with Crippen molar-refractivity contribution in [1.82, 2.24) is 4.90 Å². The molecular weight excluding hydrogens is 383 g/mol. The van der Waals surface area contributed by atoms with Crippen molar-refractivity contribution in [3.63, 3.8) is 0 Å². The summed E-state index contributed by atoms with van der Waals surface area (Å²) in [5, 5.41) is -0.339. The van der Waals surface area contributed by atoms with E-state index in [0.717, 1.165) is 29.8 Å². The summed E-state index contributed by atoms with van der Waals surface area (Å²) in [6.07, 6.45) is 2.06.